The summed E-state index contributed by atoms with van der Waals surface area (Å²) in [6.45, 7) is 9.19. The first-order valence-corrected chi connectivity index (χ1v) is 2.68. The number of hydrogen-bond donors (Lipinski definition) is 0. The molecule has 0 aliphatic heterocycles. The van der Waals surface area contributed by atoms with Gasteiger partial charge in [-0.1, -0.05) is 0 Å². The maximum absolute atomic E-state index is 4.08. The fraction of sp³-hybridized carbons (Fsp3) is 0.667. The molecule has 0 aromatic rings. The van der Waals surface area contributed by atoms with Gasteiger partial charge in [0.1, 0.15) is 5.84 Å². The molecule has 0 saturated carbocycles. The van der Waals surface area contributed by atoms with Crippen LogP contribution in [0.2, 0.25) is 0 Å². The molecule has 0 atom stereocenters. The summed E-state index contributed by atoms with van der Waals surface area (Å²) in [6, 6.07) is 0.334. The molecule has 0 N–H and O–H groups in total. The molecule has 0 fully saturated rings. The minimum absolute atomic E-state index is 0.334. The second kappa shape index (κ2) is 3.36. The first-order chi connectivity index (χ1) is 3.66. The van der Waals surface area contributed by atoms with E-state index < -0.39 is 0 Å². The van der Waals surface area contributed by atoms with Crippen LogP contribution in [0, 0.1) is 0 Å². The Morgan fingerprint density at radius 1 is 1.50 bits per heavy atom. The van der Waals surface area contributed by atoms with Crippen molar-refractivity contribution in [2.24, 2.45) is 9.98 Å². The molecular formula is C6H12N2. The molecule has 0 rings (SSSR count). The van der Waals surface area contributed by atoms with Crippen molar-refractivity contribution in [3.63, 3.8) is 0 Å². The molecule has 0 aliphatic rings. The number of aliphatic imine (C=N–C) groups is 2. The summed E-state index contributed by atoms with van der Waals surface area (Å²) in [5.74, 6) is 0.764. The maximum Gasteiger partial charge on any atom is 0.119 e. The van der Waals surface area contributed by atoms with E-state index in [0.29, 0.717) is 6.04 Å². The average Bonchev–Trinajstić information content (AvgIpc) is 1.65. The van der Waals surface area contributed by atoms with E-state index in [-0.39, 0.29) is 0 Å². The van der Waals surface area contributed by atoms with Gasteiger partial charge in [0.15, 0.2) is 0 Å². The summed E-state index contributed by atoms with van der Waals surface area (Å²) in [5.41, 5.74) is 0. The fourth-order valence-electron chi connectivity index (χ4n) is 0.414. The van der Waals surface area contributed by atoms with Crippen LogP contribution < -0.4 is 0 Å². The van der Waals surface area contributed by atoms with Gasteiger partial charge in [-0.3, -0.25) is 4.99 Å². The predicted molar refractivity (Wildman–Crippen MR) is 37.8 cm³/mol. The van der Waals surface area contributed by atoms with E-state index in [4.69, 9.17) is 0 Å². The third-order valence-electron chi connectivity index (χ3n) is 0.674. The maximum atomic E-state index is 4.08. The zero-order valence-corrected chi connectivity index (χ0v) is 5.68. The lowest BCUT2D eigenvalue weighted by Gasteiger charge is -1.94. The van der Waals surface area contributed by atoms with Gasteiger partial charge in [-0.05, 0) is 27.5 Å². The Morgan fingerprint density at radius 2 is 2.00 bits per heavy atom. The summed E-state index contributed by atoms with van der Waals surface area (Å²) in [6.07, 6.45) is 0. The van der Waals surface area contributed by atoms with Gasteiger partial charge in [-0.2, -0.15) is 0 Å². The highest BCUT2D eigenvalue weighted by Crippen LogP contribution is 1.87. The van der Waals surface area contributed by atoms with E-state index in [1.54, 1.807) is 0 Å². The van der Waals surface area contributed by atoms with Crippen molar-refractivity contribution in [3.8, 4) is 0 Å². The van der Waals surface area contributed by atoms with Crippen molar-refractivity contribution in [2.75, 3.05) is 0 Å². The largest absolute Gasteiger partial charge is 0.268 e. The van der Waals surface area contributed by atoms with Gasteiger partial charge in [-0.25, -0.2) is 4.99 Å². The Kier molecular flexibility index (Phi) is 3.08. The number of nitrogens with zero attached hydrogens (tertiary/aromatic N) is 2. The molecule has 2 nitrogen and oxygen atoms in total. The first-order valence-electron chi connectivity index (χ1n) is 2.68. The van der Waals surface area contributed by atoms with Crippen LogP contribution in [0.1, 0.15) is 20.8 Å². The highest BCUT2D eigenvalue weighted by Gasteiger charge is 1.85. The molecule has 46 valence electrons. The van der Waals surface area contributed by atoms with E-state index in [2.05, 4.69) is 16.7 Å². The zero-order chi connectivity index (χ0) is 6.57. The van der Waals surface area contributed by atoms with Crippen molar-refractivity contribution < 1.29 is 0 Å². The zero-order valence-electron chi connectivity index (χ0n) is 5.68. The first kappa shape index (κ1) is 7.34. The van der Waals surface area contributed by atoms with Crippen LogP contribution in [-0.4, -0.2) is 18.6 Å². The summed E-state index contributed by atoms with van der Waals surface area (Å²) in [5, 5.41) is 0. The topological polar surface area (TPSA) is 24.7 Å². The van der Waals surface area contributed by atoms with Crippen molar-refractivity contribution in [1.82, 2.24) is 0 Å². The second-order valence-electron chi connectivity index (χ2n) is 1.93. The van der Waals surface area contributed by atoms with E-state index >= 15 is 0 Å². The number of amidine groups is 1. The van der Waals surface area contributed by atoms with Crippen LogP contribution in [0.4, 0.5) is 0 Å². The SMILES string of the molecule is C=NC(C)=NC(C)C. The minimum atomic E-state index is 0.334. The van der Waals surface area contributed by atoms with Crippen LogP contribution in [0.25, 0.3) is 0 Å². The third kappa shape index (κ3) is 3.53. The van der Waals surface area contributed by atoms with Crippen LogP contribution in [-0.2, 0) is 0 Å². The van der Waals surface area contributed by atoms with Crippen LogP contribution in [0.5, 0.6) is 0 Å². The fourth-order valence-corrected chi connectivity index (χ4v) is 0.414. The molecule has 0 radical (unpaired) electrons. The number of rotatable bonds is 1. The monoisotopic (exact) mass is 112 g/mol. The lowest BCUT2D eigenvalue weighted by Crippen LogP contribution is -1.93. The quantitative estimate of drug-likeness (QED) is 0.363. The van der Waals surface area contributed by atoms with Crippen LogP contribution >= 0.6 is 0 Å². The van der Waals surface area contributed by atoms with Crippen molar-refractivity contribution in [3.05, 3.63) is 0 Å². The molecule has 0 unspecified atom stereocenters. The van der Waals surface area contributed by atoms with Gasteiger partial charge in [0.25, 0.3) is 0 Å². The minimum Gasteiger partial charge on any atom is -0.268 e. The molecule has 0 spiro atoms. The molecular weight excluding hydrogens is 100 g/mol. The summed E-state index contributed by atoms with van der Waals surface area (Å²) >= 11 is 0. The van der Waals surface area contributed by atoms with E-state index in [9.17, 15) is 0 Å². The Balaban J connectivity index is 3.74. The standard InChI is InChI=1S/C6H12N2/c1-5(2)8-6(3)7-4/h5H,4H2,1-3H3. The van der Waals surface area contributed by atoms with E-state index in [1.165, 1.54) is 0 Å². The number of hydrogen-bond acceptors (Lipinski definition) is 1. The lowest BCUT2D eigenvalue weighted by atomic mass is 10.4. The molecule has 0 aromatic carbocycles. The smallest absolute Gasteiger partial charge is 0.119 e. The molecule has 0 amide bonds. The summed E-state index contributed by atoms with van der Waals surface area (Å²) in [4.78, 5) is 7.71. The normalized spacial score (nSPS) is 12.2. The summed E-state index contributed by atoms with van der Waals surface area (Å²) in [7, 11) is 0. The van der Waals surface area contributed by atoms with Gasteiger partial charge < -0.3 is 0 Å². The molecule has 0 heterocycles. The van der Waals surface area contributed by atoms with Gasteiger partial charge in [0, 0.05) is 6.04 Å². The van der Waals surface area contributed by atoms with Crippen LogP contribution in [0.3, 0.4) is 0 Å². The molecule has 0 aromatic heterocycles. The van der Waals surface area contributed by atoms with E-state index in [0.717, 1.165) is 5.84 Å². The third-order valence-corrected chi connectivity index (χ3v) is 0.674. The lowest BCUT2D eigenvalue weighted by molar-refractivity contribution is 0.833. The Morgan fingerprint density at radius 3 is 2.12 bits per heavy atom. The van der Waals surface area contributed by atoms with Crippen LogP contribution in [0.15, 0.2) is 9.98 Å². The van der Waals surface area contributed by atoms with Gasteiger partial charge >= 0.3 is 0 Å². The molecule has 8 heavy (non-hydrogen) atoms. The van der Waals surface area contributed by atoms with Crippen molar-refractivity contribution in [1.29, 1.82) is 0 Å². The molecule has 0 saturated heterocycles. The Hall–Kier alpha value is -0.660. The van der Waals surface area contributed by atoms with Crippen molar-refractivity contribution >= 4 is 12.6 Å². The van der Waals surface area contributed by atoms with Crippen molar-refractivity contribution in [2.45, 2.75) is 26.8 Å². The summed E-state index contributed by atoms with van der Waals surface area (Å²) < 4.78 is 0. The van der Waals surface area contributed by atoms with E-state index in [1.807, 2.05) is 20.8 Å². The Bertz CT molecular complexity index is 103. The Labute approximate surface area is 50.4 Å². The van der Waals surface area contributed by atoms with Gasteiger partial charge in [0.05, 0.1) is 0 Å². The average molecular weight is 112 g/mol. The highest BCUT2D eigenvalue weighted by molar-refractivity contribution is 5.83. The van der Waals surface area contributed by atoms with Gasteiger partial charge in [-0.15, -0.1) is 0 Å². The highest BCUT2D eigenvalue weighted by atomic mass is 14.9. The molecule has 0 bridgehead atoms. The molecule has 2 heteroatoms. The van der Waals surface area contributed by atoms with Gasteiger partial charge in [0.2, 0.25) is 0 Å². The second-order valence-corrected chi connectivity index (χ2v) is 1.93. The predicted octanol–water partition coefficient (Wildman–Crippen LogP) is 1.51. The molecule has 0 aliphatic carbocycles.